The Morgan fingerprint density at radius 3 is 2.58 bits per heavy atom. The number of amides is 1. The molecule has 2 aromatic rings. The van der Waals surface area contributed by atoms with Crippen molar-refractivity contribution < 1.29 is 9.18 Å². The van der Waals surface area contributed by atoms with Crippen LogP contribution in [0, 0.1) is 5.82 Å². The molecule has 1 N–H and O–H groups in total. The Bertz CT molecular complexity index is 696. The predicted molar refractivity (Wildman–Crippen MR) is 91.4 cm³/mol. The van der Waals surface area contributed by atoms with Gasteiger partial charge in [0.15, 0.2) is 0 Å². The molecule has 0 saturated carbocycles. The first-order chi connectivity index (χ1) is 11.6. The number of rotatable bonds is 4. The van der Waals surface area contributed by atoms with E-state index in [0.29, 0.717) is 12.1 Å². The standard InChI is InChI=1S/C18H21FN4O/c1-22-6-8-23(9-7-22)18(24)15-10-17(13-20-12-15)21-11-14-2-4-16(19)5-3-14/h2-5,10,12-13,21H,6-9,11H2,1H3. The highest BCUT2D eigenvalue weighted by atomic mass is 19.1. The molecule has 5 nitrogen and oxygen atoms in total. The van der Waals surface area contributed by atoms with Crippen molar-refractivity contribution in [3.05, 3.63) is 59.7 Å². The second kappa shape index (κ2) is 7.40. The molecule has 1 aliphatic rings. The lowest BCUT2D eigenvalue weighted by molar-refractivity contribution is 0.0663. The number of halogens is 1. The summed E-state index contributed by atoms with van der Waals surface area (Å²) < 4.78 is 12.9. The van der Waals surface area contributed by atoms with Crippen molar-refractivity contribution in [2.24, 2.45) is 0 Å². The van der Waals surface area contributed by atoms with Crippen molar-refractivity contribution in [2.75, 3.05) is 38.5 Å². The third-order valence-electron chi connectivity index (χ3n) is 4.19. The molecular formula is C18H21FN4O. The molecule has 3 rings (SSSR count). The number of nitrogens with one attached hydrogen (secondary N) is 1. The molecule has 24 heavy (non-hydrogen) atoms. The monoisotopic (exact) mass is 328 g/mol. The highest BCUT2D eigenvalue weighted by molar-refractivity contribution is 5.94. The highest BCUT2D eigenvalue weighted by Gasteiger charge is 2.20. The van der Waals surface area contributed by atoms with E-state index in [0.717, 1.165) is 37.4 Å². The van der Waals surface area contributed by atoms with E-state index in [1.54, 1.807) is 24.5 Å². The number of carbonyl (C=O) groups is 1. The molecule has 0 aliphatic carbocycles. The third kappa shape index (κ3) is 4.08. The van der Waals surface area contributed by atoms with Crippen LogP contribution in [0.15, 0.2) is 42.7 Å². The molecule has 0 atom stereocenters. The van der Waals surface area contributed by atoms with Gasteiger partial charge in [0.05, 0.1) is 11.3 Å². The van der Waals surface area contributed by atoms with Gasteiger partial charge in [-0.1, -0.05) is 12.1 Å². The summed E-state index contributed by atoms with van der Waals surface area (Å²) >= 11 is 0. The number of likely N-dealkylation sites (N-methyl/N-ethyl adjacent to an activating group) is 1. The molecule has 0 unspecified atom stereocenters. The maximum absolute atomic E-state index is 12.9. The SMILES string of the molecule is CN1CCN(C(=O)c2cncc(NCc3ccc(F)cc3)c2)CC1. The van der Waals surface area contributed by atoms with Gasteiger partial charge in [0.2, 0.25) is 0 Å². The number of carbonyl (C=O) groups excluding carboxylic acids is 1. The van der Waals surface area contributed by atoms with Crippen molar-refractivity contribution >= 4 is 11.6 Å². The first kappa shape index (κ1) is 16.4. The van der Waals surface area contributed by atoms with Crippen molar-refractivity contribution in [1.29, 1.82) is 0 Å². The molecule has 6 heteroatoms. The molecule has 1 aromatic carbocycles. The van der Waals surface area contributed by atoms with Crippen LogP contribution in [0.5, 0.6) is 0 Å². The smallest absolute Gasteiger partial charge is 0.255 e. The van der Waals surface area contributed by atoms with Crippen LogP contribution in [0.2, 0.25) is 0 Å². The van der Waals surface area contributed by atoms with Crippen molar-refractivity contribution in [2.45, 2.75) is 6.54 Å². The van der Waals surface area contributed by atoms with Gasteiger partial charge >= 0.3 is 0 Å². The van der Waals surface area contributed by atoms with Gasteiger partial charge in [-0.2, -0.15) is 0 Å². The van der Waals surface area contributed by atoms with Crippen molar-refractivity contribution in [1.82, 2.24) is 14.8 Å². The summed E-state index contributed by atoms with van der Waals surface area (Å²) in [5.41, 5.74) is 2.33. The summed E-state index contributed by atoms with van der Waals surface area (Å²) in [6.45, 7) is 3.81. The van der Waals surface area contributed by atoms with E-state index >= 15 is 0 Å². The summed E-state index contributed by atoms with van der Waals surface area (Å²) in [7, 11) is 2.06. The molecule has 0 radical (unpaired) electrons. The Kier molecular flexibility index (Phi) is 5.05. The Balaban J connectivity index is 1.63. The fourth-order valence-corrected chi connectivity index (χ4v) is 2.65. The summed E-state index contributed by atoms with van der Waals surface area (Å²) in [5.74, 6) is -0.235. The molecule has 0 spiro atoms. The van der Waals surface area contributed by atoms with E-state index < -0.39 is 0 Å². The normalized spacial score (nSPS) is 15.3. The lowest BCUT2D eigenvalue weighted by atomic mass is 10.2. The maximum Gasteiger partial charge on any atom is 0.255 e. The molecule has 1 aliphatic heterocycles. The number of anilines is 1. The topological polar surface area (TPSA) is 48.5 Å². The molecule has 126 valence electrons. The first-order valence-corrected chi connectivity index (χ1v) is 8.03. The first-order valence-electron chi connectivity index (χ1n) is 8.03. The molecule has 1 fully saturated rings. The van der Waals surface area contributed by atoms with Gasteiger partial charge in [-0.25, -0.2) is 4.39 Å². The van der Waals surface area contributed by atoms with Crippen molar-refractivity contribution in [3.8, 4) is 0 Å². The minimum Gasteiger partial charge on any atom is -0.380 e. The zero-order chi connectivity index (χ0) is 16.9. The number of hydrogen-bond acceptors (Lipinski definition) is 4. The zero-order valence-corrected chi connectivity index (χ0v) is 13.7. The highest BCUT2D eigenvalue weighted by Crippen LogP contribution is 2.14. The summed E-state index contributed by atoms with van der Waals surface area (Å²) in [6.07, 6.45) is 3.29. The molecule has 1 aromatic heterocycles. The number of aromatic nitrogens is 1. The van der Waals surface area contributed by atoms with E-state index in [-0.39, 0.29) is 11.7 Å². The van der Waals surface area contributed by atoms with Crippen LogP contribution >= 0.6 is 0 Å². The van der Waals surface area contributed by atoms with Gasteiger partial charge in [-0.05, 0) is 30.8 Å². The molecule has 0 bridgehead atoms. The maximum atomic E-state index is 12.9. The summed E-state index contributed by atoms with van der Waals surface area (Å²) in [6, 6.07) is 8.15. The van der Waals surface area contributed by atoms with Crippen LogP contribution in [0.25, 0.3) is 0 Å². The average Bonchev–Trinajstić information content (AvgIpc) is 2.61. The molecular weight excluding hydrogens is 307 g/mol. The number of pyridine rings is 1. The zero-order valence-electron chi connectivity index (χ0n) is 13.7. The number of nitrogens with zero attached hydrogens (tertiary/aromatic N) is 3. The molecule has 2 heterocycles. The van der Waals surface area contributed by atoms with Crippen molar-refractivity contribution in [3.63, 3.8) is 0 Å². The fourth-order valence-electron chi connectivity index (χ4n) is 2.65. The second-order valence-electron chi connectivity index (χ2n) is 6.04. The van der Waals surface area contributed by atoms with E-state index in [4.69, 9.17) is 0 Å². The Labute approximate surface area is 141 Å². The number of benzene rings is 1. The number of hydrogen-bond donors (Lipinski definition) is 1. The van der Waals surface area contributed by atoms with Crippen LogP contribution in [0.1, 0.15) is 15.9 Å². The Morgan fingerprint density at radius 1 is 1.17 bits per heavy atom. The Morgan fingerprint density at radius 2 is 1.88 bits per heavy atom. The van der Waals surface area contributed by atoms with Gasteiger partial charge in [0, 0.05) is 45.1 Å². The van der Waals surface area contributed by atoms with Gasteiger partial charge in [0.1, 0.15) is 5.82 Å². The molecule has 1 amide bonds. The fraction of sp³-hybridized carbons (Fsp3) is 0.333. The van der Waals surface area contributed by atoms with E-state index in [1.165, 1.54) is 12.1 Å². The van der Waals surface area contributed by atoms with E-state index in [2.05, 4.69) is 22.2 Å². The summed E-state index contributed by atoms with van der Waals surface area (Å²) in [4.78, 5) is 20.8. The lowest BCUT2D eigenvalue weighted by Crippen LogP contribution is -2.47. The average molecular weight is 328 g/mol. The molecule has 1 saturated heterocycles. The van der Waals surface area contributed by atoms with Gasteiger partial charge in [0.25, 0.3) is 5.91 Å². The van der Waals surface area contributed by atoms with Crippen LogP contribution in [-0.4, -0.2) is 53.9 Å². The quantitative estimate of drug-likeness (QED) is 0.935. The van der Waals surface area contributed by atoms with Crippen LogP contribution < -0.4 is 5.32 Å². The predicted octanol–water partition coefficient (Wildman–Crippen LogP) is 2.22. The van der Waals surface area contributed by atoms with Crippen LogP contribution in [-0.2, 0) is 6.54 Å². The summed E-state index contributed by atoms with van der Waals surface area (Å²) in [5, 5.41) is 3.22. The van der Waals surface area contributed by atoms with E-state index in [9.17, 15) is 9.18 Å². The second-order valence-corrected chi connectivity index (χ2v) is 6.04. The van der Waals surface area contributed by atoms with Crippen LogP contribution in [0.3, 0.4) is 0 Å². The van der Waals surface area contributed by atoms with Crippen LogP contribution in [0.4, 0.5) is 10.1 Å². The van der Waals surface area contributed by atoms with E-state index in [1.807, 2.05) is 11.0 Å². The van der Waals surface area contributed by atoms with Gasteiger partial charge in [-0.3, -0.25) is 9.78 Å². The number of piperazine rings is 1. The largest absolute Gasteiger partial charge is 0.380 e. The lowest BCUT2D eigenvalue weighted by Gasteiger charge is -2.32. The van der Waals surface area contributed by atoms with Gasteiger partial charge < -0.3 is 15.1 Å². The van der Waals surface area contributed by atoms with Gasteiger partial charge in [-0.15, -0.1) is 0 Å². The third-order valence-corrected chi connectivity index (χ3v) is 4.19. The minimum absolute atomic E-state index is 0.0148. The Hall–Kier alpha value is -2.47. The minimum atomic E-state index is -0.250.